The van der Waals surface area contributed by atoms with Crippen molar-refractivity contribution >= 4 is 0 Å². The minimum Gasteiger partial charge on any atom is -0.507 e. The second-order valence-electron chi connectivity index (χ2n) is 8.47. The number of nitrogens with zero attached hydrogens (tertiary/aromatic N) is 1. The van der Waals surface area contributed by atoms with Crippen molar-refractivity contribution in [2.45, 2.75) is 38.0 Å². The van der Waals surface area contributed by atoms with Crippen molar-refractivity contribution in [2.24, 2.45) is 0 Å². The number of ether oxygens (including phenoxy) is 3. The van der Waals surface area contributed by atoms with E-state index in [1.807, 2.05) is 24.3 Å². The molecule has 2 aromatic rings. The molecule has 2 aromatic carbocycles. The number of methoxy groups -OCH3 is 1. The van der Waals surface area contributed by atoms with Crippen molar-refractivity contribution in [3.63, 3.8) is 0 Å². The molecule has 0 aliphatic carbocycles. The number of hydrazine groups is 1. The van der Waals surface area contributed by atoms with Gasteiger partial charge in [-0.2, -0.15) is 0 Å². The van der Waals surface area contributed by atoms with Crippen LogP contribution in [0.5, 0.6) is 17.2 Å². The fourth-order valence-electron chi connectivity index (χ4n) is 4.59. The highest BCUT2D eigenvalue weighted by Gasteiger charge is 2.31. The van der Waals surface area contributed by atoms with E-state index in [1.54, 1.807) is 13.2 Å². The van der Waals surface area contributed by atoms with E-state index in [0.29, 0.717) is 12.4 Å². The molecule has 3 N–H and O–H groups in total. The molecule has 0 spiro atoms. The summed E-state index contributed by atoms with van der Waals surface area (Å²) in [5.41, 5.74) is 8.58. The van der Waals surface area contributed by atoms with Crippen LogP contribution in [0.25, 0.3) is 0 Å². The van der Waals surface area contributed by atoms with Crippen LogP contribution in [0.3, 0.4) is 0 Å². The molecule has 0 saturated carbocycles. The Kier molecular flexibility index (Phi) is 6.97. The highest BCUT2D eigenvalue weighted by atomic mass is 16.5. The molecule has 0 bridgehead atoms. The largest absolute Gasteiger partial charge is 0.507 e. The van der Waals surface area contributed by atoms with E-state index >= 15 is 0 Å². The average Bonchev–Trinajstić information content (AvgIpc) is 3.23. The summed E-state index contributed by atoms with van der Waals surface area (Å²) in [5, 5.41) is 10.7. The Morgan fingerprint density at radius 2 is 1.77 bits per heavy atom. The highest BCUT2D eigenvalue weighted by molar-refractivity contribution is 5.44. The van der Waals surface area contributed by atoms with Gasteiger partial charge in [-0.15, -0.1) is 0 Å². The second kappa shape index (κ2) is 9.87. The maximum absolute atomic E-state index is 10.7. The summed E-state index contributed by atoms with van der Waals surface area (Å²) in [6.45, 7) is 8.25. The third-order valence-electron chi connectivity index (χ3n) is 6.03. The van der Waals surface area contributed by atoms with Crippen molar-refractivity contribution in [3.8, 4) is 17.2 Å². The van der Waals surface area contributed by atoms with Crippen molar-refractivity contribution < 1.29 is 19.3 Å². The molecule has 0 radical (unpaired) electrons. The van der Waals surface area contributed by atoms with Gasteiger partial charge in [-0.25, -0.2) is 5.43 Å². The lowest BCUT2D eigenvalue weighted by Crippen LogP contribution is -2.46. The molecule has 31 heavy (non-hydrogen) atoms. The van der Waals surface area contributed by atoms with Crippen molar-refractivity contribution in [1.29, 1.82) is 0 Å². The first-order valence-electron chi connectivity index (χ1n) is 11.0. The summed E-state index contributed by atoms with van der Waals surface area (Å²) >= 11 is 0. The molecule has 7 heteroatoms. The maximum atomic E-state index is 10.7. The van der Waals surface area contributed by atoms with Crippen LogP contribution in [0.1, 0.15) is 36.9 Å². The lowest BCUT2D eigenvalue weighted by molar-refractivity contribution is -0.0699. The van der Waals surface area contributed by atoms with Gasteiger partial charge in [0.2, 0.25) is 0 Å². The van der Waals surface area contributed by atoms with Gasteiger partial charge in [0.25, 0.3) is 0 Å². The third-order valence-corrected chi connectivity index (χ3v) is 6.03. The van der Waals surface area contributed by atoms with E-state index in [2.05, 4.69) is 41.7 Å². The predicted octanol–water partition coefficient (Wildman–Crippen LogP) is 2.82. The molecule has 2 aliphatic heterocycles. The Morgan fingerprint density at radius 1 is 1.06 bits per heavy atom. The van der Waals surface area contributed by atoms with Gasteiger partial charge in [0.1, 0.15) is 23.9 Å². The first-order chi connectivity index (χ1) is 15.0. The zero-order valence-electron chi connectivity index (χ0n) is 18.5. The molecular formula is C24H33N3O4. The van der Waals surface area contributed by atoms with Gasteiger partial charge in [0.05, 0.1) is 25.4 Å². The van der Waals surface area contributed by atoms with E-state index < -0.39 is 0 Å². The van der Waals surface area contributed by atoms with Gasteiger partial charge >= 0.3 is 0 Å². The van der Waals surface area contributed by atoms with E-state index in [1.165, 1.54) is 5.56 Å². The molecule has 4 unspecified atom stereocenters. The molecule has 4 rings (SSSR count). The highest BCUT2D eigenvalue weighted by Crippen LogP contribution is 2.38. The van der Waals surface area contributed by atoms with Crippen LogP contribution in [0.2, 0.25) is 0 Å². The van der Waals surface area contributed by atoms with E-state index in [9.17, 15) is 5.11 Å². The predicted molar refractivity (Wildman–Crippen MR) is 120 cm³/mol. The van der Waals surface area contributed by atoms with E-state index in [-0.39, 0.29) is 29.9 Å². The fourth-order valence-corrected chi connectivity index (χ4v) is 4.59. The molecular weight excluding hydrogens is 394 g/mol. The molecule has 168 valence electrons. The quantitative estimate of drug-likeness (QED) is 0.627. The van der Waals surface area contributed by atoms with Crippen LogP contribution in [0, 0.1) is 0 Å². The summed E-state index contributed by atoms with van der Waals surface area (Å²) in [5.74, 6) is 1.96. The van der Waals surface area contributed by atoms with Gasteiger partial charge in [0.15, 0.2) is 0 Å². The minimum absolute atomic E-state index is 0.0289. The van der Waals surface area contributed by atoms with Gasteiger partial charge in [-0.3, -0.25) is 10.3 Å². The summed E-state index contributed by atoms with van der Waals surface area (Å²) < 4.78 is 17.0. The SMILES string of the molecule is COc1ccc(C2CNNC2c2ccc(OCCN3CC(C)OC(C)C3)cc2O)cc1. The Balaban J connectivity index is 1.37. The molecule has 2 fully saturated rings. The molecule has 2 aliphatic rings. The van der Waals surface area contributed by atoms with Gasteiger partial charge in [-0.1, -0.05) is 18.2 Å². The number of hydrogen-bond acceptors (Lipinski definition) is 7. The normalized spacial score (nSPS) is 26.7. The number of benzene rings is 2. The average molecular weight is 428 g/mol. The van der Waals surface area contributed by atoms with Crippen LogP contribution in [0.15, 0.2) is 42.5 Å². The summed E-state index contributed by atoms with van der Waals surface area (Å²) in [6, 6.07) is 13.7. The first-order valence-corrected chi connectivity index (χ1v) is 11.0. The van der Waals surface area contributed by atoms with Crippen molar-refractivity contribution in [2.75, 3.05) is 39.9 Å². The van der Waals surface area contributed by atoms with Crippen molar-refractivity contribution in [3.05, 3.63) is 53.6 Å². The lowest BCUT2D eigenvalue weighted by atomic mass is 9.88. The zero-order valence-corrected chi connectivity index (χ0v) is 18.5. The number of nitrogens with one attached hydrogen (secondary N) is 2. The zero-order chi connectivity index (χ0) is 21.8. The standard InChI is InChI=1S/C24H33N3O4/c1-16-14-27(15-17(2)31-16)10-11-30-20-8-9-21(23(28)12-20)24-22(13-25-26-24)18-4-6-19(29-3)7-5-18/h4-9,12,16-17,22,24-26,28H,10-11,13-15H2,1-3H3. The summed E-state index contributed by atoms with van der Waals surface area (Å²) in [6.07, 6.45) is 0.497. The maximum Gasteiger partial charge on any atom is 0.124 e. The van der Waals surface area contributed by atoms with Crippen LogP contribution >= 0.6 is 0 Å². The number of phenols is 1. The van der Waals surface area contributed by atoms with Gasteiger partial charge in [-0.05, 0) is 37.6 Å². The molecule has 2 saturated heterocycles. The van der Waals surface area contributed by atoms with Crippen LogP contribution < -0.4 is 20.3 Å². The Morgan fingerprint density at radius 3 is 2.45 bits per heavy atom. The Bertz CT molecular complexity index is 850. The van der Waals surface area contributed by atoms with E-state index in [0.717, 1.165) is 37.5 Å². The molecule has 4 atom stereocenters. The smallest absolute Gasteiger partial charge is 0.124 e. The number of aromatic hydroxyl groups is 1. The Labute approximate surface area is 184 Å². The van der Waals surface area contributed by atoms with Crippen LogP contribution in [-0.4, -0.2) is 62.1 Å². The van der Waals surface area contributed by atoms with E-state index in [4.69, 9.17) is 14.2 Å². The number of hydrogen-bond donors (Lipinski definition) is 3. The summed E-state index contributed by atoms with van der Waals surface area (Å²) in [7, 11) is 1.67. The number of morpholine rings is 1. The Hall–Kier alpha value is -2.32. The third kappa shape index (κ3) is 5.30. The lowest BCUT2D eigenvalue weighted by Gasteiger charge is -2.35. The second-order valence-corrected chi connectivity index (χ2v) is 8.47. The minimum atomic E-state index is -0.0289. The number of rotatable bonds is 7. The monoisotopic (exact) mass is 427 g/mol. The van der Waals surface area contributed by atoms with Gasteiger partial charge < -0.3 is 19.3 Å². The molecule has 2 heterocycles. The molecule has 0 aromatic heterocycles. The van der Waals surface area contributed by atoms with Crippen molar-refractivity contribution in [1.82, 2.24) is 15.8 Å². The summed E-state index contributed by atoms with van der Waals surface area (Å²) in [4.78, 5) is 2.36. The number of phenolic OH excluding ortho intramolecular Hbond substituents is 1. The van der Waals surface area contributed by atoms with Crippen LogP contribution in [-0.2, 0) is 4.74 Å². The van der Waals surface area contributed by atoms with Crippen LogP contribution in [0.4, 0.5) is 0 Å². The molecule has 7 nitrogen and oxygen atoms in total. The molecule has 0 amide bonds. The fraction of sp³-hybridized carbons (Fsp3) is 0.500. The first kappa shape index (κ1) is 21.9. The topological polar surface area (TPSA) is 75.2 Å². The van der Waals surface area contributed by atoms with Gasteiger partial charge in [0, 0.05) is 43.7 Å².